The first-order valence-corrected chi connectivity index (χ1v) is 14.5. The van der Waals surface area contributed by atoms with Crippen molar-refractivity contribution in [2.24, 2.45) is 5.73 Å². The number of phosphoric ester groups is 1. The first kappa shape index (κ1) is 30.0. The summed E-state index contributed by atoms with van der Waals surface area (Å²) < 4.78 is 36.8. The topological polar surface area (TPSA) is 295 Å². The number of ether oxygens (including phenoxy) is 1. The molecule has 0 radical (unpaired) electrons. The van der Waals surface area contributed by atoms with Crippen LogP contribution < -0.4 is 11.5 Å². The third-order valence-electron chi connectivity index (χ3n) is 5.77. The molecule has 3 aromatic heterocycles. The number of nitrogens with zero attached hydrogens (tertiary/aromatic N) is 4. The fraction of sp³-hybridized carbons (Fsp3) is 0.350. The van der Waals surface area contributed by atoms with Crippen LogP contribution in [0.5, 0.6) is 5.75 Å². The highest BCUT2D eigenvalue weighted by Gasteiger charge is 2.46. The van der Waals surface area contributed by atoms with Gasteiger partial charge in [0.15, 0.2) is 17.7 Å². The van der Waals surface area contributed by atoms with Crippen molar-refractivity contribution in [2.75, 3.05) is 18.9 Å². The Bertz CT molecular complexity index is 1570. The number of aromatic amines is 1. The van der Waals surface area contributed by atoms with Gasteiger partial charge in [-0.1, -0.05) is 0 Å². The molecule has 218 valence electrons. The molecule has 4 heterocycles. The molecule has 1 fully saturated rings. The zero-order chi connectivity index (χ0) is 29.2. The van der Waals surface area contributed by atoms with Gasteiger partial charge in [-0.25, -0.2) is 24.1 Å². The molecule has 1 aliphatic rings. The Morgan fingerprint density at radius 3 is 2.58 bits per heavy atom. The van der Waals surface area contributed by atoms with E-state index >= 15 is 0 Å². The molecule has 0 bridgehead atoms. The molecule has 1 aromatic carbocycles. The van der Waals surface area contributed by atoms with Crippen LogP contribution in [-0.2, 0) is 29.1 Å². The molecule has 0 amide bonds. The van der Waals surface area contributed by atoms with Crippen molar-refractivity contribution in [3.05, 3.63) is 42.6 Å². The lowest BCUT2D eigenvalue weighted by molar-refractivity contribution is -0.0503. The van der Waals surface area contributed by atoms with Gasteiger partial charge in [-0.3, -0.25) is 9.09 Å². The smallest absolute Gasteiger partial charge is 0.481 e. The zero-order valence-corrected chi connectivity index (χ0v) is 22.2. The maximum atomic E-state index is 11.5. The summed E-state index contributed by atoms with van der Waals surface area (Å²) in [7, 11) is -10.4. The normalized spacial score (nSPS) is 22.8. The van der Waals surface area contributed by atoms with Gasteiger partial charge in [0.1, 0.15) is 35.9 Å². The van der Waals surface area contributed by atoms with Gasteiger partial charge < -0.3 is 51.2 Å². The number of aromatic nitrogens is 5. The summed E-state index contributed by atoms with van der Waals surface area (Å²) in [6.45, 7) is -0.186. The number of aliphatic hydroxyl groups is 2. The molecule has 0 aliphatic carbocycles. The quantitative estimate of drug-likeness (QED) is 0.116. The maximum absolute atomic E-state index is 11.5. The van der Waals surface area contributed by atoms with E-state index in [0.717, 1.165) is 29.2 Å². The van der Waals surface area contributed by atoms with Crippen LogP contribution in [0, 0.1) is 0 Å². The second kappa shape index (κ2) is 11.9. The average Bonchev–Trinajstić information content (AvgIpc) is 3.54. The molecule has 0 spiro atoms. The van der Waals surface area contributed by atoms with E-state index < -0.39 is 46.8 Å². The third-order valence-corrected chi connectivity index (χ3v) is 7.93. The summed E-state index contributed by atoms with van der Waals surface area (Å²) in [5.74, 6) is 0.382. The van der Waals surface area contributed by atoms with Crippen molar-refractivity contribution in [3.63, 3.8) is 0 Å². The van der Waals surface area contributed by atoms with Crippen molar-refractivity contribution in [3.8, 4) is 5.75 Å². The number of aromatic hydroxyl groups is 1. The van der Waals surface area contributed by atoms with Gasteiger partial charge >= 0.3 is 15.6 Å². The summed E-state index contributed by atoms with van der Waals surface area (Å²) in [6, 6.07) is 5.30. The molecule has 18 nitrogen and oxygen atoms in total. The minimum Gasteiger partial charge on any atom is -0.508 e. The number of H-pyrrole nitrogens is 1. The van der Waals surface area contributed by atoms with Crippen LogP contribution in [0.2, 0.25) is 0 Å². The van der Waals surface area contributed by atoms with Gasteiger partial charge in [0.25, 0.3) is 0 Å². The number of fused-ring (bicyclic) bond motifs is 2. The first-order chi connectivity index (χ1) is 18.8. The number of nitrogens with one attached hydrogen (secondary N) is 1. The molecule has 20 heteroatoms. The number of imidazole rings is 1. The van der Waals surface area contributed by atoms with Crippen molar-refractivity contribution >= 4 is 43.5 Å². The van der Waals surface area contributed by atoms with E-state index in [1.807, 2.05) is 12.3 Å². The molecule has 11 N–H and O–H groups in total. The standard InChI is InChI=1S/C10H15N5O10P2.C10H12N2O/c11-8-5-9(13-2-12-8)15(3-14-5)10-7(17)6(16)4(24-10)1-23-27(21,22)25-26(18,19)20;11-4-3-7-6-12-10-2-1-8(13)5-9(7)10/h2-4,6-7,10,16-17H,1H2,(H,21,22)(H2,11,12,13)(H2,18,19,20);1-2,5-6,12-13H,3-4,11H2/t4-,6-,7-,10-;/m1./s1. The number of aliphatic hydroxyl groups excluding tert-OH is 2. The Kier molecular flexibility index (Phi) is 8.89. The Labute approximate surface area is 225 Å². The molecule has 1 aliphatic heterocycles. The molecule has 4 aromatic rings. The third kappa shape index (κ3) is 6.83. The van der Waals surface area contributed by atoms with E-state index in [9.17, 15) is 29.3 Å². The molecular weight excluding hydrogens is 576 g/mol. The van der Waals surface area contributed by atoms with Crippen LogP contribution in [-0.4, -0.2) is 86.0 Å². The van der Waals surface area contributed by atoms with Gasteiger partial charge in [0.2, 0.25) is 0 Å². The number of nitrogens with two attached hydrogens (primary N) is 2. The number of phenols is 1. The molecule has 5 rings (SSSR count). The van der Waals surface area contributed by atoms with Gasteiger partial charge in [-0.2, -0.15) is 4.31 Å². The minimum atomic E-state index is -5.29. The average molecular weight is 603 g/mol. The second-order valence-corrected chi connectivity index (χ2v) is 11.4. The monoisotopic (exact) mass is 603 g/mol. The summed E-state index contributed by atoms with van der Waals surface area (Å²) in [6.07, 6.45) is -0.422. The number of phosphoric acid groups is 2. The Morgan fingerprint density at radius 2 is 1.88 bits per heavy atom. The minimum absolute atomic E-state index is 0.0856. The van der Waals surface area contributed by atoms with Gasteiger partial charge in [0.05, 0.1) is 12.9 Å². The number of benzene rings is 1. The van der Waals surface area contributed by atoms with E-state index in [2.05, 4.69) is 28.8 Å². The first-order valence-electron chi connectivity index (χ1n) is 11.5. The predicted octanol–water partition coefficient (Wildman–Crippen LogP) is -0.371. The molecule has 1 saturated heterocycles. The van der Waals surface area contributed by atoms with Crippen LogP contribution in [0.3, 0.4) is 0 Å². The fourth-order valence-electron chi connectivity index (χ4n) is 4.01. The highest BCUT2D eigenvalue weighted by atomic mass is 31.3. The van der Waals surface area contributed by atoms with E-state index in [1.165, 1.54) is 10.9 Å². The van der Waals surface area contributed by atoms with Crippen molar-refractivity contribution < 1.29 is 52.7 Å². The Balaban J connectivity index is 0.000000236. The van der Waals surface area contributed by atoms with Gasteiger partial charge in [-0.15, -0.1) is 0 Å². The largest absolute Gasteiger partial charge is 0.508 e. The van der Waals surface area contributed by atoms with Gasteiger partial charge in [-0.05, 0) is 36.7 Å². The second-order valence-electron chi connectivity index (χ2n) is 8.55. The van der Waals surface area contributed by atoms with Crippen LogP contribution in [0.4, 0.5) is 5.82 Å². The molecule has 5 atom stereocenters. The summed E-state index contributed by atoms with van der Waals surface area (Å²) in [5.41, 5.74) is 13.8. The highest BCUT2D eigenvalue weighted by molar-refractivity contribution is 7.60. The summed E-state index contributed by atoms with van der Waals surface area (Å²) in [4.78, 5) is 41.2. The highest BCUT2D eigenvalue weighted by Crippen LogP contribution is 2.57. The van der Waals surface area contributed by atoms with Crippen LogP contribution >= 0.6 is 15.6 Å². The number of phenolic OH excluding ortho intramolecular Hbond substituents is 1. The number of hydrogen-bond acceptors (Lipinski definition) is 13. The fourth-order valence-corrected chi connectivity index (χ4v) is 5.61. The number of nitrogen functional groups attached to an aromatic ring is 1. The Hall–Kier alpha value is -2.99. The summed E-state index contributed by atoms with van der Waals surface area (Å²) >= 11 is 0. The van der Waals surface area contributed by atoms with E-state index in [4.69, 9.17) is 26.0 Å². The van der Waals surface area contributed by atoms with Crippen molar-refractivity contribution in [1.29, 1.82) is 0 Å². The van der Waals surface area contributed by atoms with Gasteiger partial charge in [0, 0.05) is 17.1 Å². The van der Waals surface area contributed by atoms with E-state index in [1.54, 1.807) is 12.1 Å². The molecule has 40 heavy (non-hydrogen) atoms. The number of rotatable bonds is 8. The van der Waals surface area contributed by atoms with Crippen molar-refractivity contribution in [1.82, 2.24) is 24.5 Å². The zero-order valence-electron chi connectivity index (χ0n) is 20.5. The lowest BCUT2D eigenvalue weighted by Crippen LogP contribution is -2.33. The number of hydrogen-bond donors (Lipinski definition) is 9. The van der Waals surface area contributed by atoms with Crippen LogP contribution in [0.25, 0.3) is 22.1 Å². The Morgan fingerprint density at radius 1 is 1.12 bits per heavy atom. The summed E-state index contributed by atoms with van der Waals surface area (Å²) in [5, 5.41) is 30.6. The predicted molar refractivity (Wildman–Crippen MR) is 137 cm³/mol. The number of anilines is 1. The molecule has 0 saturated carbocycles. The van der Waals surface area contributed by atoms with Crippen LogP contribution in [0.1, 0.15) is 11.8 Å². The van der Waals surface area contributed by atoms with Crippen LogP contribution in [0.15, 0.2) is 37.1 Å². The maximum Gasteiger partial charge on any atom is 0.481 e. The van der Waals surface area contributed by atoms with E-state index in [0.29, 0.717) is 12.3 Å². The lowest BCUT2D eigenvalue weighted by Gasteiger charge is -2.17. The van der Waals surface area contributed by atoms with Crippen molar-refractivity contribution in [2.45, 2.75) is 31.0 Å². The molecule has 1 unspecified atom stereocenters. The van der Waals surface area contributed by atoms with E-state index in [-0.39, 0.29) is 17.0 Å². The molecular formula is C20H27N7O11P2. The SMILES string of the molecule is NCCc1c[nH]c2ccc(O)cc12.Nc1ncnc2c1ncn2[C@@H]1O[C@H](COP(=O)(O)OP(=O)(O)O)[C@@H](O)[C@H]1O. The lowest BCUT2D eigenvalue weighted by atomic mass is 10.1.